The second kappa shape index (κ2) is 8.40. The minimum Gasteiger partial charge on any atom is -0.495 e. The monoisotopic (exact) mass is 344 g/mol. The Hall–Kier alpha value is -2.47. The molecule has 0 heterocycles. The molecule has 0 aliphatic rings. The zero-order valence-electron chi connectivity index (χ0n) is 13.9. The van der Waals surface area contributed by atoms with E-state index in [0.717, 1.165) is 10.6 Å². The standard InChI is InChI=1S/C18H20N2O3S/c1-4-17(21)20-15-10-12(8-9-16(15)23-2)18(22)19-13-6-5-7-14(11-13)24-3/h5-11H,4H2,1-3H3,(H,19,22)(H,20,21). The van der Waals surface area contributed by atoms with Gasteiger partial charge in [0.25, 0.3) is 5.91 Å². The number of amides is 2. The van der Waals surface area contributed by atoms with E-state index in [0.29, 0.717) is 23.4 Å². The molecule has 0 aliphatic heterocycles. The molecule has 0 fully saturated rings. The Morgan fingerprint density at radius 3 is 2.58 bits per heavy atom. The predicted octanol–water partition coefficient (Wildman–Crippen LogP) is 4.02. The Morgan fingerprint density at radius 2 is 1.92 bits per heavy atom. The summed E-state index contributed by atoms with van der Waals surface area (Å²) in [5, 5.41) is 5.60. The zero-order chi connectivity index (χ0) is 17.5. The molecule has 0 saturated carbocycles. The number of rotatable bonds is 6. The van der Waals surface area contributed by atoms with Gasteiger partial charge in [0.05, 0.1) is 12.8 Å². The van der Waals surface area contributed by atoms with Crippen molar-refractivity contribution in [2.24, 2.45) is 0 Å². The van der Waals surface area contributed by atoms with Crippen LogP contribution in [0.1, 0.15) is 23.7 Å². The van der Waals surface area contributed by atoms with Gasteiger partial charge in [0.1, 0.15) is 5.75 Å². The van der Waals surface area contributed by atoms with E-state index in [4.69, 9.17) is 4.74 Å². The summed E-state index contributed by atoms with van der Waals surface area (Å²) < 4.78 is 5.22. The third kappa shape index (κ3) is 4.52. The molecule has 2 amide bonds. The van der Waals surface area contributed by atoms with Crippen LogP contribution in [0.25, 0.3) is 0 Å². The molecule has 2 N–H and O–H groups in total. The van der Waals surface area contributed by atoms with Crippen LogP contribution in [0.4, 0.5) is 11.4 Å². The first-order valence-corrected chi connectivity index (χ1v) is 8.73. The Morgan fingerprint density at radius 1 is 1.12 bits per heavy atom. The summed E-state index contributed by atoms with van der Waals surface area (Å²) >= 11 is 1.61. The first-order valence-electron chi connectivity index (χ1n) is 7.50. The van der Waals surface area contributed by atoms with Crippen LogP contribution >= 0.6 is 11.8 Å². The van der Waals surface area contributed by atoms with Crippen molar-refractivity contribution in [1.82, 2.24) is 0 Å². The van der Waals surface area contributed by atoms with E-state index in [-0.39, 0.29) is 11.8 Å². The van der Waals surface area contributed by atoms with Crippen LogP contribution in [0.15, 0.2) is 47.4 Å². The molecular weight excluding hydrogens is 324 g/mol. The van der Waals surface area contributed by atoms with E-state index in [1.54, 1.807) is 36.9 Å². The molecule has 2 rings (SSSR count). The Balaban J connectivity index is 2.22. The summed E-state index contributed by atoms with van der Waals surface area (Å²) in [7, 11) is 1.52. The van der Waals surface area contributed by atoms with Crippen LogP contribution in [0, 0.1) is 0 Å². The van der Waals surface area contributed by atoms with E-state index >= 15 is 0 Å². The van der Waals surface area contributed by atoms with Gasteiger partial charge in [0.15, 0.2) is 0 Å². The van der Waals surface area contributed by atoms with Crippen LogP contribution < -0.4 is 15.4 Å². The molecule has 2 aromatic carbocycles. The number of ether oxygens (including phenoxy) is 1. The number of carbonyl (C=O) groups excluding carboxylic acids is 2. The molecule has 0 aromatic heterocycles. The maximum absolute atomic E-state index is 12.4. The number of carbonyl (C=O) groups is 2. The maximum atomic E-state index is 12.4. The smallest absolute Gasteiger partial charge is 0.255 e. The van der Waals surface area contributed by atoms with Crippen molar-refractivity contribution in [3.63, 3.8) is 0 Å². The van der Waals surface area contributed by atoms with Crippen molar-refractivity contribution in [2.45, 2.75) is 18.2 Å². The summed E-state index contributed by atoms with van der Waals surface area (Å²) in [5.74, 6) is 0.124. The van der Waals surface area contributed by atoms with Crippen molar-refractivity contribution >= 4 is 35.0 Å². The Labute approximate surface area is 145 Å². The van der Waals surface area contributed by atoms with Crippen LogP contribution in [-0.2, 0) is 4.79 Å². The molecule has 0 spiro atoms. The molecule has 0 saturated heterocycles. The van der Waals surface area contributed by atoms with Crippen molar-refractivity contribution in [2.75, 3.05) is 24.0 Å². The highest BCUT2D eigenvalue weighted by molar-refractivity contribution is 7.98. The van der Waals surface area contributed by atoms with Gasteiger partial charge in [-0.15, -0.1) is 11.8 Å². The van der Waals surface area contributed by atoms with Crippen molar-refractivity contribution in [3.05, 3.63) is 48.0 Å². The number of thioether (sulfide) groups is 1. The van der Waals surface area contributed by atoms with E-state index in [1.165, 1.54) is 7.11 Å². The van der Waals surface area contributed by atoms with E-state index in [9.17, 15) is 9.59 Å². The first kappa shape index (κ1) is 17.9. The fourth-order valence-electron chi connectivity index (χ4n) is 2.09. The molecule has 0 unspecified atom stereocenters. The highest BCUT2D eigenvalue weighted by Crippen LogP contribution is 2.26. The summed E-state index contributed by atoms with van der Waals surface area (Å²) in [6.45, 7) is 1.76. The largest absolute Gasteiger partial charge is 0.495 e. The molecule has 0 bridgehead atoms. The van der Waals surface area contributed by atoms with Gasteiger partial charge in [-0.1, -0.05) is 13.0 Å². The molecule has 126 valence electrons. The minimum atomic E-state index is -0.247. The lowest BCUT2D eigenvalue weighted by atomic mass is 10.1. The number of hydrogen-bond acceptors (Lipinski definition) is 4. The lowest BCUT2D eigenvalue weighted by Crippen LogP contribution is -2.14. The number of methoxy groups -OCH3 is 1. The summed E-state index contributed by atoms with van der Waals surface area (Å²) in [5.41, 5.74) is 1.65. The van der Waals surface area contributed by atoms with Crippen molar-refractivity contribution < 1.29 is 14.3 Å². The molecule has 2 aromatic rings. The zero-order valence-corrected chi connectivity index (χ0v) is 14.7. The van der Waals surface area contributed by atoms with Crippen molar-refractivity contribution in [3.8, 4) is 5.75 Å². The van der Waals surface area contributed by atoms with E-state index in [1.807, 2.05) is 30.5 Å². The highest BCUT2D eigenvalue weighted by Gasteiger charge is 2.12. The SMILES string of the molecule is CCC(=O)Nc1cc(C(=O)Nc2cccc(SC)c2)ccc1OC. The van der Waals surface area contributed by atoms with Gasteiger partial charge in [0, 0.05) is 22.6 Å². The third-order valence-electron chi connectivity index (χ3n) is 3.38. The molecule has 0 aliphatic carbocycles. The van der Waals surface area contributed by atoms with Crippen LogP contribution in [0.5, 0.6) is 5.75 Å². The highest BCUT2D eigenvalue weighted by atomic mass is 32.2. The van der Waals surface area contributed by atoms with Gasteiger partial charge in [0.2, 0.25) is 5.91 Å². The Kier molecular flexibility index (Phi) is 6.26. The van der Waals surface area contributed by atoms with Crippen LogP contribution in [0.2, 0.25) is 0 Å². The molecule has 6 heteroatoms. The topological polar surface area (TPSA) is 67.4 Å². The molecule has 0 atom stereocenters. The lowest BCUT2D eigenvalue weighted by molar-refractivity contribution is -0.115. The van der Waals surface area contributed by atoms with Crippen LogP contribution in [0.3, 0.4) is 0 Å². The maximum Gasteiger partial charge on any atom is 0.255 e. The number of hydrogen-bond donors (Lipinski definition) is 2. The molecular formula is C18H20N2O3S. The Bertz CT molecular complexity index is 747. The molecule has 5 nitrogen and oxygen atoms in total. The second-order valence-corrected chi connectivity index (χ2v) is 5.88. The quantitative estimate of drug-likeness (QED) is 0.777. The second-order valence-electron chi connectivity index (χ2n) is 5.00. The van der Waals surface area contributed by atoms with E-state index in [2.05, 4.69) is 10.6 Å². The fraction of sp³-hybridized carbons (Fsp3) is 0.222. The molecule has 24 heavy (non-hydrogen) atoms. The third-order valence-corrected chi connectivity index (χ3v) is 4.11. The lowest BCUT2D eigenvalue weighted by Gasteiger charge is -2.12. The van der Waals surface area contributed by atoms with Gasteiger partial charge in [-0.25, -0.2) is 0 Å². The predicted molar refractivity (Wildman–Crippen MR) is 98.1 cm³/mol. The van der Waals surface area contributed by atoms with Gasteiger partial charge in [-0.05, 0) is 42.7 Å². The number of anilines is 2. The average molecular weight is 344 g/mol. The summed E-state index contributed by atoms with van der Waals surface area (Å²) in [6, 6.07) is 12.5. The van der Waals surface area contributed by atoms with Crippen molar-refractivity contribution in [1.29, 1.82) is 0 Å². The average Bonchev–Trinajstić information content (AvgIpc) is 2.61. The number of nitrogens with one attached hydrogen (secondary N) is 2. The summed E-state index contributed by atoms with van der Waals surface area (Å²) in [4.78, 5) is 25.1. The molecule has 0 radical (unpaired) electrons. The fourth-order valence-corrected chi connectivity index (χ4v) is 2.55. The van der Waals surface area contributed by atoms with Gasteiger partial charge >= 0.3 is 0 Å². The van der Waals surface area contributed by atoms with Gasteiger partial charge in [-0.2, -0.15) is 0 Å². The van der Waals surface area contributed by atoms with Gasteiger partial charge < -0.3 is 15.4 Å². The van der Waals surface area contributed by atoms with E-state index < -0.39 is 0 Å². The first-order chi connectivity index (χ1) is 11.6. The van der Waals surface area contributed by atoms with Crippen LogP contribution in [-0.4, -0.2) is 25.2 Å². The number of benzene rings is 2. The summed E-state index contributed by atoms with van der Waals surface area (Å²) in [6.07, 6.45) is 2.33. The van der Waals surface area contributed by atoms with Gasteiger partial charge in [-0.3, -0.25) is 9.59 Å². The minimum absolute atomic E-state index is 0.140. The normalized spacial score (nSPS) is 10.1.